The van der Waals surface area contributed by atoms with E-state index < -0.39 is 7.81 Å². The van der Waals surface area contributed by atoms with E-state index in [1.807, 2.05) is 48.5 Å². The van der Waals surface area contributed by atoms with Gasteiger partial charge in [0.05, 0.1) is 52.9 Å². The molecule has 7 aromatic rings. The van der Waals surface area contributed by atoms with Gasteiger partial charge in [-0.05, 0) is 84.1 Å². The predicted octanol–water partition coefficient (Wildman–Crippen LogP) is 13.9. The van der Waals surface area contributed by atoms with Gasteiger partial charge < -0.3 is 48.5 Å². The number of hydrogen-bond donors (Lipinski definition) is 2. The van der Waals surface area contributed by atoms with Gasteiger partial charge in [-0.15, -0.1) is 0 Å². The summed E-state index contributed by atoms with van der Waals surface area (Å²) in [7, 11) is -10.7. The average Bonchev–Trinajstić information content (AvgIpc) is 3.40. The predicted molar refractivity (Wildman–Crippen MR) is 288 cm³/mol. The fourth-order valence-corrected chi connectivity index (χ4v) is 7.78. The molecule has 76 heavy (non-hydrogen) atoms. The Labute approximate surface area is 441 Å². The topological polar surface area (TPSA) is 102 Å². The zero-order chi connectivity index (χ0) is 54.0. The van der Waals surface area contributed by atoms with Crippen molar-refractivity contribution in [2.75, 3.05) is 84.6 Å². The van der Waals surface area contributed by atoms with Crippen LogP contribution in [0.4, 0.5) is 30.9 Å². The Morgan fingerprint density at radius 3 is 1.08 bits per heavy atom. The van der Waals surface area contributed by atoms with Crippen LogP contribution in [0.1, 0.15) is 27.8 Å². The van der Waals surface area contributed by atoms with Crippen molar-refractivity contribution in [2.24, 2.45) is 0 Å². The maximum atomic E-state index is 9.87. The Kier molecular flexibility index (Phi) is 22.4. The fourth-order valence-electron chi connectivity index (χ4n) is 7.78. The molecule has 0 saturated carbocycles. The summed E-state index contributed by atoms with van der Waals surface area (Å²) < 4.78 is 105. The van der Waals surface area contributed by atoms with Crippen LogP contribution in [-0.2, 0) is 38.6 Å². The van der Waals surface area contributed by atoms with Crippen molar-refractivity contribution >= 4 is 13.5 Å². The van der Waals surface area contributed by atoms with Crippen LogP contribution in [0.25, 0.3) is 22.3 Å². The number of rotatable bonds is 9. The van der Waals surface area contributed by atoms with Crippen LogP contribution >= 0.6 is 7.81 Å². The second kappa shape index (κ2) is 29.0. The van der Waals surface area contributed by atoms with Gasteiger partial charge in [-0.3, -0.25) is 0 Å². The molecule has 0 unspecified atom stereocenters. The Hall–Kier alpha value is -6.65. The SMILES string of the molecule is Cc1cc(C)cc(C[NH2+]Cc2ccc(CNc3cc(-c4ccccc4)cc(-c4ccccc4)c3)cc2)c1.F[P-](F)(F)(F)(F)F.c1ccc2c(c1)OCCOCCOCCOc1ccccc1OCCOCCOCCO2. The van der Waals surface area contributed by atoms with Crippen LogP contribution in [0.3, 0.4) is 0 Å². The summed E-state index contributed by atoms with van der Waals surface area (Å²) in [5.41, 5.74) is 12.7. The summed E-state index contributed by atoms with van der Waals surface area (Å²) in [5.74, 6) is 2.73. The summed E-state index contributed by atoms with van der Waals surface area (Å²) in [5, 5.41) is 6.04. The number of anilines is 1. The molecule has 0 fully saturated rings. The molecular formula is C59H67F6N2O8P. The largest absolute Gasteiger partial charge is 0.487 e. The number of aryl methyl sites for hydroxylation is 2. The van der Waals surface area contributed by atoms with E-state index in [-0.39, 0.29) is 0 Å². The molecule has 8 rings (SSSR count). The fraction of sp³-hybridized carbons (Fsp3) is 0.288. The second-order valence-electron chi connectivity index (χ2n) is 17.6. The maximum Gasteiger partial charge on any atom is 0.161 e. The van der Waals surface area contributed by atoms with Gasteiger partial charge in [-0.1, -0.05) is 139 Å². The molecule has 0 spiro atoms. The average molecular weight is 1080 g/mol. The first-order valence-electron chi connectivity index (χ1n) is 25.0. The number of nitrogens with two attached hydrogens (primary N) is 1. The van der Waals surface area contributed by atoms with E-state index in [0.29, 0.717) is 102 Å². The summed E-state index contributed by atoms with van der Waals surface area (Å²) in [6, 6.07) is 58.9. The molecule has 1 aliphatic heterocycles. The van der Waals surface area contributed by atoms with Gasteiger partial charge in [0.2, 0.25) is 0 Å². The smallest absolute Gasteiger partial charge is 0.161 e. The third-order valence-corrected chi connectivity index (χ3v) is 11.1. The van der Waals surface area contributed by atoms with E-state index >= 15 is 0 Å². The Morgan fingerprint density at radius 1 is 0.368 bits per heavy atom. The van der Waals surface area contributed by atoms with Gasteiger partial charge >= 0.3 is 33.0 Å². The quantitative estimate of drug-likeness (QED) is 0.108. The first kappa shape index (κ1) is 58.6. The number of ether oxygens (including phenoxy) is 8. The van der Waals surface area contributed by atoms with Crippen LogP contribution in [0.5, 0.6) is 23.0 Å². The number of fused-ring (bicyclic) bond motifs is 2. The van der Waals surface area contributed by atoms with E-state index in [4.69, 9.17) is 37.9 Å². The minimum Gasteiger partial charge on any atom is -0.487 e. The van der Waals surface area contributed by atoms with Gasteiger partial charge in [0.1, 0.15) is 39.5 Å². The minimum atomic E-state index is -10.7. The molecule has 17 heteroatoms. The van der Waals surface area contributed by atoms with Crippen molar-refractivity contribution in [1.29, 1.82) is 0 Å². The first-order chi connectivity index (χ1) is 36.5. The monoisotopic (exact) mass is 1080 g/mol. The molecule has 0 aromatic heterocycles. The zero-order valence-electron chi connectivity index (χ0n) is 42.8. The van der Waals surface area contributed by atoms with Crippen molar-refractivity contribution in [3.63, 3.8) is 0 Å². The second-order valence-corrected chi connectivity index (χ2v) is 19.5. The van der Waals surface area contributed by atoms with Crippen molar-refractivity contribution in [1.82, 2.24) is 0 Å². The number of halogens is 6. The summed E-state index contributed by atoms with van der Waals surface area (Å²) in [6.07, 6.45) is 0. The van der Waals surface area contributed by atoms with Crippen LogP contribution in [0.2, 0.25) is 0 Å². The van der Waals surface area contributed by atoms with Crippen LogP contribution in [0.15, 0.2) is 170 Å². The van der Waals surface area contributed by atoms with Crippen LogP contribution < -0.4 is 29.6 Å². The van der Waals surface area contributed by atoms with Gasteiger partial charge in [-0.2, -0.15) is 0 Å². The molecule has 7 aromatic carbocycles. The molecular weight excluding hydrogens is 1010 g/mol. The zero-order valence-corrected chi connectivity index (χ0v) is 43.7. The summed E-state index contributed by atoms with van der Waals surface area (Å²) in [6.45, 7) is 12.6. The number of nitrogens with one attached hydrogen (secondary N) is 1. The van der Waals surface area contributed by atoms with E-state index in [1.54, 1.807) is 0 Å². The van der Waals surface area contributed by atoms with E-state index in [1.165, 1.54) is 50.1 Å². The molecule has 0 radical (unpaired) electrons. The van der Waals surface area contributed by atoms with Gasteiger partial charge in [0.25, 0.3) is 0 Å². The summed E-state index contributed by atoms with van der Waals surface area (Å²) in [4.78, 5) is 0. The molecule has 10 nitrogen and oxygen atoms in total. The van der Waals surface area contributed by atoms with Crippen LogP contribution in [0, 0.1) is 13.8 Å². The standard InChI is InChI=1S/C35H34N2.C24H32O8.F6P/c1-26-17-27(2)19-30(18-26)24-36-23-28-13-15-29(16-14-28)25-37-35-21-33(31-9-5-3-6-10-31)20-34(22-35)32-11-7-4-8-12-32;1-2-6-22-21(5-1)29-17-13-25-9-10-27-15-19-31-23-7-3-4-8-24(23)32-20-16-28-12-11-26-14-18-30-22;1-7(2,3,4,5)6/h3-22,36-37H,23-25H2,1-2H3;1-8H,9-20H2;/q;;-1/p+1. The van der Waals surface area contributed by atoms with Crippen LogP contribution in [-0.4, -0.2) is 79.3 Å². The molecule has 1 aliphatic rings. The van der Waals surface area contributed by atoms with Gasteiger partial charge in [0, 0.05) is 23.4 Å². The van der Waals surface area contributed by atoms with Gasteiger partial charge in [0.15, 0.2) is 23.0 Å². The molecule has 0 amide bonds. The van der Waals surface area contributed by atoms with Crippen molar-refractivity contribution in [3.8, 4) is 45.3 Å². The van der Waals surface area contributed by atoms with E-state index in [0.717, 1.165) is 25.3 Å². The van der Waals surface area contributed by atoms with Crippen molar-refractivity contribution in [2.45, 2.75) is 33.5 Å². The normalized spacial score (nSPS) is 15.1. The molecule has 0 aliphatic carbocycles. The van der Waals surface area contributed by atoms with E-state index in [2.05, 4.69) is 146 Å². The number of para-hydroxylation sites is 4. The Bertz CT molecular complexity index is 2580. The van der Waals surface area contributed by atoms with Crippen molar-refractivity contribution < 1.29 is 68.4 Å². The molecule has 0 bridgehead atoms. The minimum absolute atomic E-state index is 0.425. The molecule has 0 saturated heterocycles. The number of hydrogen-bond acceptors (Lipinski definition) is 9. The molecule has 1 heterocycles. The third-order valence-electron chi connectivity index (χ3n) is 11.1. The van der Waals surface area contributed by atoms with Crippen molar-refractivity contribution in [3.05, 3.63) is 198 Å². The van der Waals surface area contributed by atoms with Gasteiger partial charge in [-0.25, -0.2) is 0 Å². The maximum absolute atomic E-state index is 10.7. The Balaban J connectivity index is 0.000000221. The molecule has 0 atom stereocenters. The summed E-state index contributed by atoms with van der Waals surface area (Å²) >= 11 is 0. The number of quaternary nitrogens is 1. The first-order valence-corrected chi connectivity index (χ1v) is 27.1. The molecule has 408 valence electrons. The Morgan fingerprint density at radius 2 is 0.697 bits per heavy atom. The van der Waals surface area contributed by atoms with E-state index in [9.17, 15) is 25.2 Å². The third kappa shape index (κ3) is 24.3. The molecule has 3 N–H and O–H groups in total. The number of benzene rings is 7.